The molecule has 0 aromatic carbocycles. The molecule has 0 N–H and O–H groups in total. The van der Waals surface area contributed by atoms with Crippen LogP contribution in [-0.2, 0) is 9.47 Å². The van der Waals surface area contributed by atoms with Gasteiger partial charge < -0.3 is 9.47 Å². The van der Waals surface area contributed by atoms with Crippen LogP contribution in [0.5, 0.6) is 0 Å². The third-order valence-electron chi connectivity index (χ3n) is 10.7. The number of hydrogen-bond donors (Lipinski definition) is 0. The topological polar surface area (TPSA) is 18.5 Å². The van der Waals surface area contributed by atoms with Crippen molar-refractivity contribution in [1.29, 1.82) is 0 Å². The first kappa shape index (κ1) is 15.8. The van der Waals surface area contributed by atoms with Crippen LogP contribution in [0, 0.1) is 52.8 Å². The maximum Gasteiger partial charge on any atom is 0.173 e. The van der Waals surface area contributed by atoms with Gasteiger partial charge in [-0.15, -0.1) is 0 Å². The van der Waals surface area contributed by atoms with Crippen LogP contribution in [0.15, 0.2) is 0 Å². The highest BCUT2D eigenvalue weighted by molar-refractivity contribution is 5.09. The van der Waals surface area contributed by atoms with Crippen molar-refractivity contribution in [1.82, 2.24) is 0 Å². The molecule has 1 aliphatic heterocycles. The van der Waals surface area contributed by atoms with E-state index in [1.165, 1.54) is 70.6 Å². The molecule has 8 saturated carbocycles. The molecule has 2 spiro atoms. The van der Waals surface area contributed by atoms with Crippen LogP contribution in [-0.4, -0.2) is 19.0 Å². The molecule has 144 valence electrons. The fraction of sp³-hybridized carbons (Fsp3) is 1.00. The number of ether oxygens (including phenoxy) is 2. The molecule has 0 atom stereocenters. The SMILES string of the molecule is C1COC2(OCC3(C1)C1CC4CC(C1)CC3C4)C1CC3CC(C1)CC2C3. The molecule has 8 aliphatic carbocycles. The first-order chi connectivity index (χ1) is 12.7. The van der Waals surface area contributed by atoms with Crippen molar-refractivity contribution in [2.45, 2.75) is 82.8 Å². The van der Waals surface area contributed by atoms with Gasteiger partial charge >= 0.3 is 0 Å². The number of rotatable bonds is 0. The lowest BCUT2D eigenvalue weighted by Crippen LogP contribution is -2.63. The first-order valence-electron chi connectivity index (χ1n) is 12.0. The van der Waals surface area contributed by atoms with Crippen LogP contribution in [0.2, 0.25) is 0 Å². The van der Waals surface area contributed by atoms with Crippen molar-refractivity contribution in [2.75, 3.05) is 13.2 Å². The molecule has 2 nitrogen and oxygen atoms in total. The smallest absolute Gasteiger partial charge is 0.173 e. The van der Waals surface area contributed by atoms with Crippen LogP contribution in [0.4, 0.5) is 0 Å². The molecule has 2 heteroatoms. The molecule has 0 unspecified atom stereocenters. The van der Waals surface area contributed by atoms with Crippen molar-refractivity contribution in [3.05, 3.63) is 0 Å². The highest BCUT2D eigenvalue weighted by Gasteiger charge is 2.62. The predicted molar refractivity (Wildman–Crippen MR) is 100 cm³/mol. The summed E-state index contributed by atoms with van der Waals surface area (Å²) in [6, 6.07) is 0. The van der Waals surface area contributed by atoms with E-state index in [-0.39, 0.29) is 5.79 Å². The summed E-state index contributed by atoms with van der Waals surface area (Å²) in [7, 11) is 0. The minimum Gasteiger partial charge on any atom is -0.349 e. The van der Waals surface area contributed by atoms with Crippen LogP contribution < -0.4 is 0 Å². The average molecular weight is 357 g/mol. The van der Waals surface area contributed by atoms with Gasteiger partial charge in [-0.2, -0.15) is 0 Å². The first-order valence-corrected chi connectivity index (χ1v) is 12.0. The Kier molecular flexibility index (Phi) is 3.21. The Balaban J connectivity index is 1.21. The van der Waals surface area contributed by atoms with Crippen molar-refractivity contribution in [3.8, 4) is 0 Å². The van der Waals surface area contributed by atoms with Crippen molar-refractivity contribution < 1.29 is 9.47 Å². The zero-order valence-electron chi connectivity index (χ0n) is 16.3. The second kappa shape index (κ2) is 5.29. The van der Waals surface area contributed by atoms with Crippen LogP contribution in [0.1, 0.15) is 77.0 Å². The summed E-state index contributed by atoms with van der Waals surface area (Å²) in [5.74, 6) is 7.34. The molecular weight excluding hydrogens is 320 g/mol. The lowest BCUT2D eigenvalue weighted by atomic mass is 9.44. The highest BCUT2D eigenvalue weighted by atomic mass is 16.7. The van der Waals surface area contributed by atoms with Gasteiger partial charge in [0.2, 0.25) is 0 Å². The maximum absolute atomic E-state index is 7.10. The second-order valence-electron chi connectivity index (χ2n) is 11.8. The summed E-state index contributed by atoms with van der Waals surface area (Å²) < 4.78 is 13.8. The van der Waals surface area contributed by atoms with Gasteiger partial charge in [0.25, 0.3) is 0 Å². The Morgan fingerprint density at radius 1 is 0.538 bits per heavy atom. The minimum atomic E-state index is -0.171. The summed E-state index contributed by atoms with van der Waals surface area (Å²) in [4.78, 5) is 0. The third kappa shape index (κ3) is 1.97. The molecule has 9 aliphatic rings. The third-order valence-corrected chi connectivity index (χ3v) is 10.7. The maximum atomic E-state index is 7.10. The van der Waals surface area contributed by atoms with E-state index in [9.17, 15) is 0 Å². The van der Waals surface area contributed by atoms with Gasteiger partial charge in [0.05, 0.1) is 13.2 Å². The lowest BCUT2D eigenvalue weighted by Gasteiger charge is -2.65. The summed E-state index contributed by atoms with van der Waals surface area (Å²) in [6.45, 7) is 2.01. The Bertz CT molecular complexity index is 487. The van der Waals surface area contributed by atoms with Crippen molar-refractivity contribution in [2.24, 2.45) is 52.8 Å². The van der Waals surface area contributed by atoms with E-state index in [0.717, 1.165) is 48.7 Å². The van der Waals surface area contributed by atoms with Crippen LogP contribution in [0.3, 0.4) is 0 Å². The number of hydrogen-bond acceptors (Lipinski definition) is 2. The molecular formula is C24H36O2. The van der Waals surface area contributed by atoms with E-state index < -0.39 is 0 Å². The largest absolute Gasteiger partial charge is 0.349 e. The van der Waals surface area contributed by atoms with Gasteiger partial charge in [-0.1, -0.05) is 0 Å². The molecule has 0 aromatic rings. The Morgan fingerprint density at radius 3 is 1.58 bits per heavy atom. The molecule has 0 amide bonds. The summed E-state index contributed by atoms with van der Waals surface area (Å²) in [5, 5.41) is 0. The molecule has 1 heterocycles. The van der Waals surface area contributed by atoms with E-state index in [2.05, 4.69) is 0 Å². The van der Waals surface area contributed by atoms with E-state index in [1.807, 2.05) is 0 Å². The van der Waals surface area contributed by atoms with Crippen molar-refractivity contribution >= 4 is 0 Å². The quantitative estimate of drug-likeness (QED) is 0.578. The van der Waals surface area contributed by atoms with Gasteiger partial charge in [0, 0.05) is 11.8 Å². The highest BCUT2D eigenvalue weighted by Crippen LogP contribution is 2.66. The van der Waals surface area contributed by atoms with E-state index in [4.69, 9.17) is 9.47 Å². The molecule has 0 aromatic heterocycles. The van der Waals surface area contributed by atoms with Gasteiger partial charge in [-0.25, -0.2) is 0 Å². The van der Waals surface area contributed by atoms with Crippen LogP contribution >= 0.6 is 0 Å². The summed E-state index contributed by atoms with van der Waals surface area (Å²) in [6.07, 6.45) is 17.5. The summed E-state index contributed by atoms with van der Waals surface area (Å²) >= 11 is 0. The Morgan fingerprint density at radius 2 is 1.04 bits per heavy atom. The Labute approximate surface area is 158 Å². The molecule has 8 bridgehead atoms. The second-order valence-corrected chi connectivity index (χ2v) is 11.8. The fourth-order valence-corrected chi connectivity index (χ4v) is 10.1. The summed E-state index contributed by atoms with van der Waals surface area (Å²) in [5.41, 5.74) is 0.527. The molecule has 26 heavy (non-hydrogen) atoms. The normalized spacial score (nSPS) is 62.8. The van der Waals surface area contributed by atoms with E-state index in [0.29, 0.717) is 17.3 Å². The van der Waals surface area contributed by atoms with Gasteiger partial charge in [0.15, 0.2) is 5.79 Å². The standard InChI is InChI=1S/C24H36O2/c1-2-23(19-6-15-4-16(8-19)9-20(23)7-15)14-26-24(25-3-1)21-10-17-5-18(12-21)13-22(24)11-17/h15-22H,1-14H2. The van der Waals surface area contributed by atoms with Crippen LogP contribution in [0.25, 0.3) is 0 Å². The molecule has 0 radical (unpaired) electrons. The van der Waals surface area contributed by atoms with Gasteiger partial charge in [-0.3, -0.25) is 0 Å². The lowest BCUT2D eigenvalue weighted by molar-refractivity contribution is -0.360. The monoisotopic (exact) mass is 356 g/mol. The molecule has 9 fully saturated rings. The zero-order valence-corrected chi connectivity index (χ0v) is 16.3. The van der Waals surface area contributed by atoms with Gasteiger partial charge in [0.1, 0.15) is 0 Å². The van der Waals surface area contributed by atoms with E-state index in [1.54, 1.807) is 6.42 Å². The predicted octanol–water partition coefficient (Wildman–Crippen LogP) is 5.41. The zero-order chi connectivity index (χ0) is 16.9. The fourth-order valence-electron chi connectivity index (χ4n) is 10.1. The minimum absolute atomic E-state index is 0.171. The average Bonchev–Trinajstić information content (AvgIpc) is 2.59. The van der Waals surface area contributed by atoms with Gasteiger partial charge in [-0.05, 0) is 118 Å². The molecule has 1 saturated heterocycles. The van der Waals surface area contributed by atoms with Crippen molar-refractivity contribution in [3.63, 3.8) is 0 Å². The Hall–Kier alpha value is -0.0800. The molecule has 9 rings (SSSR count). The van der Waals surface area contributed by atoms with E-state index >= 15 is 0 Å².